The summed E-state index contributed by atoms with van der Waals surface area (Å²) in [6.45, 7) is -2.46. The predicted molar refractivity (Wildman–Crippen MR) is 218 cm³/mol. The van der Waals surface area contributed by atoms with Gasteiger partial charge >= 0.3 is 118 Å². The van der Waals surface area contributed by atoms with Gasteiger partial charge in [-0.05, 0) is 37.5 Å². The molecule has 0 saturated carbocycles. The zero-order chi connectivity index (χ0) is 49.0. The van der Waals surface area contributed by atoms with Crippen LogP contribution in [0.15, 0.2) is 24.3 Å². The quantitative estimate of drug-likeness (QED) is 0.00939. The van der Waals surface area contributed by atoms with Crippen molar-refractivity contribution in [1.29, 1.82) is 0 Å². The molecule has 4 rings (SSSR count). The average molecular weight is 1140 g/mol. The molecular formula is C33H51N3Na4O25S5. The van der Waals surface area contributed by atoms with Crippen LogP contribution in [0.25, 0.3) is 0 Å². The molecule has 0 spiro atoms. The molecule has 37 heteroatoms. The van der Waals surface area contributed by atoms with Crippen LogP contribution in [0, 0.1) is 0 Å². The van der Waals surface area contributed by atoms with Gasteiger partial charge in [0, 0.05) is 30.3 Å². The Morgan fingerprint density at radius 1 is 0.857 bits per heavy atom. The van der Waals surface area contributed by atoms with Gasteiger partial charge in [0.1, 0.15) is 61.0 Å². The van der Waals surface area contributed by atoms with Crippen LogP contribution in [0.5, 0.6) is 0 Å². The van der Waals surface area contributed by atoms with Crippen molar-refractivity contribution in [3.8, 4) is 0 Å². The van der Waals surface area contributed by atoms with Crippen molar-refractivity contribution >= 4 is 70.0 Å². The Labute approximate surface area is 500 Å². The Bertz CT molecular complexity index is 2030. The summed E-state index contributed by atoms with van der Waals surface area (Å²) in [6, 6.07) is 4.27. The van der Waals surface area contributed by atoms with E-state index in [4.69, 9.17) is 28.5 Å². The second kappa shape index (κ2) is 34.2. The molecule has 382 valence electrons. The molecule has 70 heavy (non-hydrogen) atoms. The van der Waals surface area contributed by atoms with E-state index >= 15 is 0 Å². The minimum atomic E-state index is -5.91. The number of carboxylic acids is 1. The van der Waals surface area contributed by atoms with Crippen LogP contribution < -0.4 is 139 Å². The summed E-state index contributed by atoms with van der Waals surface area (Å²) in [5.41, 5.74) is 3.81. The molecule has 3 fully saturated rings. The van der Waals surface area contributed by atoms with E-state index in [0.717, 1.165) is 26.4 Å². The second-order valence-corrected chi connectivity index (χ2v) is 20.9. The van der Waals surface area contributed by atoms with Gasteiger partial charge in [0.05, 0.1) is 37.6 Å². The maximum absolute atomic E-state index is 12.3. The van der Waals surface area contributed by atoms with Crippen molar-refractivity contribution < 1.29 is 235 Å². The number of aliphatic hydroxyl groups excluding tert-OH is 6. The number of hydrogen-bond acceptors (Lipinski definition) is 29. The number of aliphatic hydroxyl groups is 6. The van der Waals surface area contributed by atoms with Crippen LogP contribution in [0.3, 0.4) is 0 Å². The van der Waals surface area contributed by atoms with Gasteiger partial charge in [-0.15, -0.1) is 0 Å². The molecule has 28 nitrogen and oxygen atoms in total. The van der Waals surface area contributed by atoms with E-state index in [1.165, 1.54) is 23.3 Å². The van der Waals surface area contributed by atoms with E-state index in [1.54, 1.807) is 24.3 Å². The number of aliphatic carboxylic acids is 1. The van der Waals surface area contributed by atoms with Gasteiger partial charge in [0.25, 0.3) is 0 Å². The maximum Gasteiger partial charge on any atom is 1.00 e. The van der Waals surface area contributed by atoms with Crippen LogP contribution in [-0.4, -0.2) is 206 Å². The number of anilines is 2. The monoisotopic (exact) mass is 1140 g/mol. The number of carbonyl (C=O) groups excluding carboxylic acids is 1. The van der Waals surface area contributed by atoms with Gasteiger partial charge in [-0.1, -0.05) is 40.5 Å². The van der Waals surface area contributed by atoms with E-state index in [0.29, 0.717) is 23.2 Å². The molecule has 3 saturated heterocycles. The van der Waals surface area contributed by atoms with Gasteiger partial charge in [0.15, 0.2) is 29.0 Å². The molecule has 0 bridgehead atoms. The molecule has 3 aliphatic heterocycles. The third-order valence-corrected chi connectivity index (χ3v) is 14.5. The van der Waals surface area contributed by atoms with Crippen molar-refractivity contribution in [2.24, 2.45) is 0 Å². The minimum absolute atomic E-state index is 0. The van der Waals surface area contributed by atoms with Gasteiger partial charge < -0.3 is 83.2 Å². The standard InChI is InChI=1S/C33H55N3O25S5.4Na/c1-54-27-21(15-57-65(48,49)50)58-32(22(25(27)41)36-64(45,46)47)59-28-26(42)29(61-66(51,52)53)33(60-30(28)31(43)44)55-14-20(38)24(40)23(39)19(37)13-34-16-6-5-7-17(12-16)35-56-10-4-2-3-8-18-9-11-62-63-18;;;;/h5-7,12,18-30,32-42H,2-4,8-11,13-15H2,1H3,(H,43,44)(H,45,46,47)(H,48,49,50)(H,51,52,53);;;;/q;4*+1/p-4/t18?,19?,20?,21?,22?,23-,24+,25-,26+,27-,28+,29?,30?,32-,33+;;;;/m0..../s1. The number of unbranched alkanes of at least 4 members (excludes halogenated alkanes) is 2. The largest absolute Gasteiger partial charge is 1.00 e. The summed E-state index contributed by atoms with van der Waals surface area (Å²) >= 11 is 0. The van der Waals surface area contributed by atoms with E-state index in [9.17, 15) is 79.5 Å². The molecule has 3 heterocycles. The number of rotatable bonds is 28. The fourth-order valence-corrected chi connectivity index (χ4v) is 11.2. The summed E-state index contributed by atoms with van der Waals surface area (Å²) < 4.78 is 139. The number of hydrogen-bond donors (Lipinski definition) is 9. The molecule has 0 aromatic heterocycles. The van der Waals surface area contributed by atoms with Crippen molar-refractivity contribution in [3.63, 3.8) is 0 Å². The first kappa shape index (κ1) is 72.1. The summed E-state index contributed by atoms with van der Waals surface area (Å²) in [6.07, 6.45) is -24.8. The Hall–Kier alpha value is 2.12. The number of nitrogens with one attached hydrogen (secondary N) is 3. The SMILES string of the molecule is CO[C@H]1C(COS(=O)(=O)[O-])O[C@@H](O[C@H]2C(C(=O)[O-])O[C@@H](OCC(O)[C@@H](O)[C@@H](O)C(O)CNc3cccc(NOCCCCCC4CCSS4)c3)C(OS(=O)(=O)[O-])[C@@H]2O)C(NS(=O)(=O)[O-])[C@@H]1O.[Na+].[Na+].[Na+].[Na+]. The summed E-state index contributed by atoms with van der Waals surface area (Å²) in [5.74, 6) is -1.13. The third-order valence-electron chi connectivity index (χ3n) is 10.0. The number of benzene rings is 1. The Morgan fingerprint density at radius 2 is 1.51 bits per heavy atom. The zero-order valence-electron chi connectivity index (χ0n) is 38.5. The Morgan fingerprint density at radius 3 is 2.10 bits per heavy atom. The number of carbonyl (C=O) groups is 1. The number of methoxy groups -OCH3 is 1. The van der Waals surface area contributed by atoms with E-state index in [2.05, 4.69) is 19.2 Å². The number of ether oxygens (including phenoxy) is 5. The molecule has 15 atom stereocenters. The van der Waals surface area contributed by atoms with Crippen LogP contribution in [-0.2, 0) is 72.8 Å². The van der Waals surface area contributed by atoms with E-state index in [-0.39, 0.29) is 118 Å². The van der Waals surface area contributed by atoms with E-state index in [1.807, 2.05) is 21.6 Å². The third kappa shape index (κ3) is 24.4. The zero-order valence-corrected chi connectivity index (χ0v) is 50.6. The topological polar surface area (TPSA) is 443 Å². The van der Waals surface area contributed by atoms with Crippen LogP contribution in [0.4, 0.5) is 11.4 Å². The molecular weight excluding hydrogens is 1090 g/mol. The van der Waals surface area contributed by atoms with Gasteiger partial charge in [0.2, 0.25) is 20.8 Å². The first-order valence-corrected chi connectivity index (χ1v) is 26.2. The summed E-state index contributed by atoms with van der Waals surface area (Å²) in [5, 5.41) is 80.4. The van der Waals surface area contributed by atoms with Crippen LogP contribution in [0.2, 0.25) is 0 Å². The molecule has 3 aliphatic rings. The molecule has 0 amide bonds. The summed E-state index contributed by atoms with van der Waals surface area (Å²) in [4.78, 5) is 17.8. The van der Waals surface area contributed by atoms with Crippen LogP contribution in [0.1, 0.15) is 32.1 Å². The predicted octanol–water partition coefficient (Wildman–Crippen LogP) is -17.3. The summed E-state index contributed by atoms with van der Waals surface area (Å²) in [7, 11) is -12.2. The van der Waals surface area contributed by atoms with Crippen LogP contribution >= 0.6 is 21.6 Å². The molecule has 9 N–H and O–H groups in total. The van der Waals surface area contributed by atoms with Gasteiger partial charge in [-0.2, -0.15) is 0 Å². The van der Waals surface area contributed by atoms with Crippen molar-refractivity contribution in [3.05, 3.63) is 24.3 Å². The fourth-order valence-electron chi connectivity index (χ4n) is 6.80. The molecule has 7 unspecified atom stereocenters. The van der Waals surface area contributed by atoms with Crippen molar-refractivity contribution in [2.45, 2.75) is 123 Å². The smallest absolute Gasteiger partial charge is 0.735 e. The first-order chi connectivity index (χ1) is 30.9. The fraction of sp³-hybridized carbons (Fsp3) is 0.788. The Kier molecular flexibility index (Phi) is 35.2. The Balaban J connectivity index is 0.0000119. The minimum Gasteiger partial charge on any atom is -0.735 e. The van der Waals surface area contributed by atoms with E-state index < -0.39 is 143 Å². The normalized spacial score (nSPS) is 28.9. The van der Waals surface area contributed by atoms with Gasteiger partial charge in [-0.3, -0.25) is 18.7 Å². The second-order valence-electron chi connectivity index (χ2n) is 14.9. The maximum atomic E-state index is 12.3. The number of carboxylic acid groups (broad SMARTS) is 1. The van der Waals surface area contributed by atoms with Gasteiger partial charge in [-0.25, -0.2) is 30.0 Å². The molecule has 1 aromatic carbocycles. The van der Waals surface area contributed by atoms with Crippen molar-refractivity contribution in [1.82, 2.24) is 4.72 Å². The molecule has 0 aliphatic carbocycles. The first-order valence-electron chi connectivity index (χ1n) is 19.7. The van der Waals surface area contributed by atoms with Crippen molar-refractivity contribution in [2.75, 3.05) is 50.0 Å². The molecule has 1 aromatic rings. The molecule has 0 radical (unpaired) electrons. The average Bonchev–Trinajstić information content (AvgIpc) is 3.76.